The van der Waals surface area contributed by atoms with E-state index in [2.05, 4.69) is 11.4 Å². The Labute approximate surface area is 83.9 Å². The maximum Gasteiger partial charge on any atom is 0.314 e. The molecule has 5 nitrogen and oxygen atoms in total. The van der Waals surface area contributed by atoms with E-state index in [-0.39, 0.29) is 12.1 Å². The van der Waals surface area contributed by atoms with Crippen LogP contribution >= 0.6 is 0 Å². The fourth-order valence-electron chi connectivity index (χ4n) is 1.66. The lowest BCUT2D eigenvalue weighted by Gasteiger charge is -2.31. The summed E-state index contributed by atoms with van der Waals surface area (Å²) in [5.74, 6) is 0. The highest BCUT2D eigenvalue weighted by atomic mass is 16.2. The quantitative estimate of drug-likeness (QED) is 0.653. The van der Waals surface area contributed by atoms with E-state index in [0.29, 0.717) is 19.1 Å². The van der Waals surface area contributed by atoms with Gasteiger partial charge in [0.05, 0.1) is 12.1 Å². The van der Waals surface area contributed by atoms with E-state index < -0.39 is 0 Å². The number of carbonyl (C=O) groups is 1. The Kier molecular flexibility index (Phi) is 3.72. The van der Waals surface area contributed by atoms with Crippen LogP contribution in [0.15, 0.2) is 0 Å². The van der Waals surface area contributed by atoms with Gasteiger partial charge in [-0.15, -0.1) is 0 Å². The Bertz CT molecular complexity index is 240. The predicted molar refractivity (Wildman–Crippen MR) is 52.4 cm³/mol. The maximum atomic E-state index is 10.8. The third kappa shape index (κ3) is 2.89. The zero-order valence-corrected chi connectivity index (χ0v) is 8.36. The van der Waals surface area contributed by atoms with Crippen molar-refractivity contribution in [3.63, 3.8) is 0 Å². The van der Waals surface area contributed by atoms with Crippen LogP contribution in [0.2, 0.25) is 0 Å². The summed E-state index contributed by atoms with van der Waals surface area (Å²) in [4.78, 5) is 12.4. The molecule has 78 valence electrons. The molecule has 1 aliphatic heterocycles. The number of hydrogen-bond donors (Lipinski definition) is 2. The first-order valence-corrected chi connectivity index (χ1v) is 4.83. The first-order chi connectivity index (χ1) is 6.63. The molecule has 0 aliphatic carbocycles. The van der Waals surface area contributed by atoms with E-state index in [1.807, 2.05) is 6.92 Å². The van der Waals surface area contributed by atoms with E-state index in [9.17, 15) is 4.79 Å². The van der Waals surface area contributed by atoms with E-state index in [1.54, 1.807) is 4.90 Å². The SMILES string of the molecule is CC(C#N)NC1CCN(C(N)=O)CC1. The number of likely N-dealkylation sites (tertiary alicyclic amines) is 1. The molecule has 1 rings (SSSR count). The molecule has 0 radical (unpaired) electrons. The van der Waals surface area contributed by atoms with Gasteiger partial charge in [-0.25, -0.2) is 4.79 Å². The molecule has 1 unspecified atom stereocenters. The number of urea groups is 1. The van der Waals surface area contributed by atoms with Crippen molar-refractivity contribution in [1.82, 2.24) is 10.2 Å². The summed E-state index contributed by atoms with van der Waals surface area (Å²) in [6, 6.07) is 1.99. The molecule has 0 aromatic rings. The number of amides is 2. The molecule has 1 fully saturated rings. The average molecular weight is 196 g/mol. The highest BCUT2D eigenvalue weighted by Crippen LogP contribution is 2.10. The minimum atomic E-state index is -0.350. The molecule has 0 saturated carbocycles. The molecule has 1 saturated heterocycles. The molecule has 0 aromatic heterocycles. The number of rotatable bonds is 2. The minimum Gasteiger partial charge on any atom is -0.351 e. The molecule has 5 heteroatoms. The number of carbonyl (C=O) groups excluding carboxylic acids is 1. The van der Waals surface area contributed by atoms with Gasteiger partial charge in [0.2, 0.25) is 0 Å². The third-order valence-corrected chi connectivity index (χ3v) is 2.49. The molecule has 0 aromatic carbocycles. The second-order valence-electron chi connectivity index (χ2n) is 3.62. The molecule has 0 bridgehead atoms. The van der Waals surface area contributed by atoms with E-state index >= 15 is 0 Å². The van der Waals surface area contributed by atoms with Gasteiger partial charge in [0.1, 0.15) is 0 Å². The lowest BCUT2D eigenvalue weighted by molar-refractivity contribution is 0.184. The van der Waals surface area contributed by atoms with Crippen molar-refractivity contribution >= 4 is 6.03 Å². The van der Waals surface area contributed by atoms with Crippen LogP contribution in [0.4, 0.5) is 4.79 Å². The largest absolute Gasteiger partial charge is 0.351 e. The van der Waals surface area contributed by atoms with Gasteiger partial charge < -0.3 is 10.6 Å². The number of nitrogens with one attached hydrogen (secondary N) is 1. The molecule has 14 heavy (non-hydrogen) atoms. The van der Waals surface area contributed by atoms with E-state index in [1.165, 1.54) is 0 Å². The van der Waals surface area contributed by atoms with Crippen LogP contribution in [-0.2, 0) is 0 Å². The summed E-state index contributed by atoms with van der Waals surface area (Å²) in [6.07, 6.45) is 1.74. The van der Waals surface area contributed by atoms with Gasteiger partial charge in [0.15, 0.2) is 0 Å². The van der Waals surface area contributed by atoms with Crippen LogP contribution in [0, 0.1) is 11.3 Å². The van der Waals surface area contributed by atoms with Gasteiger partial charge in [0, 0.05) is 19.1 Å². The topological polar surface area (TPSA) is 82.2 Å². The fourth-order valence-corrected chi connectivity index (χ4v) is 1.66. The van der Waals surface area contributed by atoms with Crippen LogP contribution in [0.25, 0.3) is 0 Å². The lowest BCUT2D eigenvalue weighted by atomic mass is 10.0. The first kappa shape index (κ1) is 10.8. The Morgan fingerprint density at radius 3 is 2.64 bits per heavy atom. The Balaban J connectivity index is 2.29. The van der Waals surface area contributed by atoms with Crippen LogP contribution < -0.4 is 11.1 Å². The lowest BCUT2D eigenvalue weighted by Crippen LogP contribution is -2.48. The summed E-state index contributed by atoms with van der Waals surface area (Å²) in [5, 5.41) is 11.8. The van der Waals surface area contributed by atoms with Crippen LogP contribution in [0.3, 0.4) is 0 Å². The highest BCUT2D eigenvalue weighted by molar-refractivity contribution is 5.72. The van der Waals surface area contributed by atoms with E-state index in [0.717, 1.165) is 12.8 Å². The monoisotopic (exact) mass is 196 g/mol. The van der Waals surface area contributed by atoms with Crippen molar-refractivity contribution in [3.8, 4) is 6.07 Å². The first-order valence-electron chi connectivity index (χ1n) is 4.83. The number of nitrogens with two attached hydrogens (primary N) is 1. The van der Waals surface area contributed by atoms with Crippen molar-refractivity contribution in [2.24, 2.45) is 5.73 Å². The minimum absolute atomic E-state index is 0.125. The maximum absolute atomic E-state index is 10.8. The number of nitriles is 1. The standard InChI is InChI=1S/C9H16N4O/c1-7(6-10)12-8-2-4-13(5-3-8)9(11)14/h7-8,12H,2-5H2,1H3,(H2,11,14). The summed E-state index contributed by atoms with van der Waals surface area (Å²) in [6.45, 7) is 3.21. The molecule has 1 atom stereocenters. The van der Waals surface area contributed by atoms with Crippen molar-refractivity contribution in [2.75, 3.05) is 13.1 Å². The molecule has 3 N–H and O–H groups in total. The fraction of sp³-hybridized carbons (Fsp3) is 0.778. The van der Waals surface area contributed by atoms with Gasteiger partial charge >= 0.3 is 6.03 Å². The second kappa shape index (κ2) is 4.82. The number of piperidine rings is 1. The van der Waals surface area contributed by atoms with Crippen molar-refractivity contribution in [1.29, 1.82) is 5.26 Å². The molecular formula is C9H16N4O. The van der Waals surface area contributed by atoms with Crippen molar-refractivity contribution < 1.29 is 4.79 Å². The Hall–Kier alpha value is -1.28. The van der Waals surface area contributed by atoms with Crippen LogP contribution in [0.5, 0.6) is 0 Å². The summed E-state index contributed by atoms with van der Waals surface area (Å²) in [5.41, 5.74) is 5.15. The van der Waals surface area contributed by atoms with Gasteiger partial charge in [-0.2, -0.15) is 5.26 Å². The van der Waals surface area contributed by atoms with Crippen LogP contribution in [-0.4, -0.2) is 36.1 Å². The van der Waals surface area contributed by atoms with Gasteiger partial charge in [-0.1, -0.05) is 0 Å². The van der Waals surface area contributed by atoms with E-state index in [4.69, 9.17) is 11.0 Å². The number of hydrogen-bond acceptors (Lipinski definition) is 3. The zero-order chi connectivity index (χ0) is 10.6. The van der Waals surface area contributed by atoms with Gasteiger partial charge in [0.25, 0.3) is 0 Å². The molecular weight excluding hydrogens is 180 g/mol. The number of nitrogens with zero attached hydrogens (tertiary/aromatic N) is 2. The summed E-state index contributed by atoms with van der Waals surface area (Å²) in [7, 11) is 0. The van der Waals surface area contributed by atoms with Crippen LogP contribution in [0.1, 0.15) is 19.8 Å². The summed E-state index contributed by atoms with van der Waals surface area (Å²) < 4.78 is 0. The van der Waals surface area contributed by atoms with Crippen molar-refractivity contribution in [2.45, 2.75) is 31.8 Å². The summed E-state index contributed by atoms with van der Waals surface area (Å²) >= 11 is 0. The third-order valence-electron chi connectivity index (χ3n) is 2.49. The predicted octanol–water partition coefficient (Wildman–Crippen LogP) is 0.0312. The van der Waals surface area contributed by atoms with Gasteiger partial charge in [-0.3, -0.25) is 5.32 Å². The number of primary amides is 1. The normalized spacial score (nSPS) is 20.1. The Morgan fingerprint density at radius 1 is 1.64 bits per heavy atom. The molecule has 1 aliphatic rings. The van der Waals surface area contributed by atoms with Crippen molar-refractivity contribution in [3.05, 3.63) is 0 Å². The smallest absolute Gasteiger partial charge is 0.314 e. The molecule has 2 amide bonds. The highest BCUT2D eigenvalue weighted by Gasteiger charge is 2.21. The van der Waals surface area contributed by atoms with Gasteiger partial charge in [-0.05, 0) is 19.8 Å². The molecule has 1 heterocycles. The zero-order valence-electron chi connectivity index (χ0n) is 8.36. The second-order valence-corrected chi connectivity index (χ2v) is 3.62. The molecule has 0 spiro atoms. The average Bonchev–Trinajstić information content (AvgIpc) is 2.18. The Morgan fingerprint density at radius 2 is 2.21 bits per heavy atom.